The summed E-state index contributed by atoms with van der Waals surface area (Å²) in [5.41, 5.74) is 2.56. The van der Waals surface area contributed by atoms with Gasteiger partial charge in [-0.25, -0.2) is 9.50 Å². The molecule has 17 heavy (non-hydrogen) atoms. The summed E-state index contributed by atoms with van der Waals surface area (Å²) in [6.45, 7) is 0. The Bertz CT molecular complexity index is 669. The SMILES string of the molecule is COc1nc(-c2cnn(C)c2)cn2nccc12. The Morgan fingerprint density at radius 1 is 1.24 bits per heavy atom. The van der Waals surface area contributed by atoms with Gasteiger partial charge < -0.3 is 4.74 Å². The summed E-state index contributed by atoms with van der Waals surface area (Å²) in [6.07, 6.45) is 7.23. The molecule has 0 spiro atoms. The van der Waals surface area contributed by atoms with E-state index >= 15 is 0 Å². The summed E-state index contributed by atoms with van der Waals surface area (Å²) in [7, 11) is 3.47. The van der Waals surface area contributed by atoms with Crippen molar-refractivity contribution in [3.63, 3.8) is 0 Å². The third kappa shape index (κ3) is 1.54. The van der Waals surface area contributed by atoms with E-state index in [0.717, 1.165) is 16.8 Å². The Kier molecular flexibility index (Phi) is 2.07. The van der Waals surface area contributed by atoms with Crippen LogP contribution in [0.15, 0.2) is 30.9 Å². The second-order valence-corrected chi connectivity index (χ2v) is 3.70. The number of aromatic nitrogens is 5. The fourth-order valence-corrected chi connectivity index (χ4v) is 1.74. The second-order valence-electron chi connectivity index (χ2n) is 3.70. The van der Waals surface area contributed by atoms with E-state index in [1.807, 2.05) is 25.5 Å². The van der Waals surface area contributed by atoms with Crippen LogP contribution in [0.1, 0.15) is 0 Å². The van der Waals surface area contributed by atoms with Gasteiger partial charge in [0.05, 0.1) is 31.4 Å². The van der Waals surface area contributed by atoms with E-state index < -0.39 is 0 Å². The van der Waals surface area contributed by atoms with Gasteiger partial charge in [0.2, 0.25) is 5.88 Å². The number of hydrogen-bond acceptors (Lipinski definition) is 4. The molecule has 86 valence electrons. The van der Waals surface area contributed by atoms with Crippen LogP contribution in [0.25, 0.3) is 16.8 Å². The monoisotopic (exact) mass is 229 g/mol. The molecule has 0 unspecified atom stereocenters. The fourth-order valence-electron chi connectivity index (χ4n) is 1.74. The van der Waals surface area contributed by atoms with Crippen LogP contribution in [-0.2, 0) is 7.05 Å². The first-order valence-electron chi connectivity index (χ1n) is 5.15. The molecule has 0 aromatic carbocycles. The number of ether oxygens (including phenoxy) is 1. The van der Waals surface area contributed by atoms with E-state index in [0.29, 0.717) is 5.88 Å². The lowest BCUT2D eigenvalue weighted by atomic mass is 10.3. The van der Waals surface area contributed by atoms with Crippen LogP contribution in [0.2, 0.25) is 0 Å². The molecule has 0 aliphatic carbocycles. The van der Waals surface area contributed by atoms with Gasteiger partial charge in [-0.1, -0.05) is 0 Å². The van der Waals surface area contributed by atoms with Crippen molar-refractivity contribution in [1.82, 2.24) is 24.4 Å². The summed E-state index contributed by atoms with van der Waals surface area (Å²) in [5.74, 6) is 0.559. The molecular weight excluding hydrogens is 218 g/mol. The molecule has 0 bridgehead atoms. The third-order valence-corrected chi connectivity index (χ3v) is 2.55. The summed E-state index contributed by atoms with van der Waals surface area (Å²) in [5, 5.41) is 8.31. The number of aryl methyl sites for hydroxylation is 1. The molecule has 0 aliphatic heterocycles. The Balaban J connectivity index is 2.23. The molecule has 0 atom stereocenters. The first kappa shape index (κ1) is 9.83. The van der Waals surface area contributed by atoms with E-state index in [9.17, 15) is 0 Å². The van der Waals surface area contributed by atoms with Gasteiger partial charge in [-0.05, 0) is 6.07 Å². The number of hydrogen-bond donors (Lipinski definition) is 0. The predicted molar refractivity (Wildman–Crippen MR) is 61.7 cm³/mol. The van der Waals surface area contributed by atoms with Crippen molar-refractivity contribution >= 4 is 5.52 Å². The van der Waals surface area contributed by atoms with Crippen molar-refractivity contribution in [3.8, 4) is 17.1 Å². The van der Waals surface area contributed by atoms with Crippen molar-refractivity contribution in [2.75, 3.05) is 7.11 Å². The maximum absolute atomic E-state index is 5.26. The van der Waals surface area contributed by atoms with Crippen molar-refractivity contribution in [2.24, 2.45) is 7.05 Å². The molecule has 3 rings (SSSR count). The maximum Gasteiger partial charge on any atom is 0.240 e. The number of methoxy groups -OCH3 is 1. The minimum atomic E-state index is 0.559. The maximum atomic E-state index is 5.26. The quantitative estimate of drug-likeness (QED) is 0.661. The number of rotatable bonds is 2. The Morgan fingerprint density at radius 2 is 2.12 bits per heavy atom. The van der Waals surface area contributed by atoms with Crippen LogP contribution in [0, 0.1) is 0 Å². The van der Waals surface area contributed by atoms with Gasteiger partial charge in [-0.3, -0.25) is 4.68 Å². The summed E-state index contributed by atoms with van der Waals surface area (Å²) >= 11 is 0. The molecule has 0 radical (unpaired) electrons. The van der Waals surface area contributed by atoms with E-state index in [4.69, 9.17) is 4.74 Å². The molecule has 0 amide bonds. The molecule has 0 N–H and O–H groups in total. The van der Waals surface area contributed by atoms with Crippen molar-refractivity contribution in [3.05, 3.63) is 30.9 Å². The summed E-state index contributed by atoms with van der Waals surface area (Å²) in [4.78, 5) is 4.44. The van der Waals surface area contributed by atoms with Gasteiger partial charge in [0.25, 0.3) is 0 Å². The zero-order valence-electron chi connectivity index (χ0n) is 9.53. The predicted octanol–water partition coefficient (Wildman–Crippen LogP) is 1.14. The van der Waals surface area contributed by atoms with E-state index in [2.05, 4.69) is 15.2 Å². The van der Waals surface area contributed by atoms with Crippen LogP contribution in [-0.4, -0.2) is 31.5 Å². The van der Waals surface area contributed by atoms with Crippen molar-refractivity contribution in [2.45, 2.75) is 0 Å². The van der Waals surface area contributed by atoms with Gasteiger partial charge in [0.1, 0.15) is 5.52 Å². The molecule has 6 heteroatoms. The molecule has 0 fully saturated rings. The van der Waals surface area contributed by atoms with E-state index in [-0.39, 0.29) is 0 Å². The summed E-state index contributed by atoms with van der Waals surface area (Å²) in [6, 6.07) is 1.86. The van der Waals surface area contributed by atoms with Crippen LogP contribution < -0.4 is 4.74 Å². The Morgan fingerprint density at radius 3 is 2.82 bits per heavy atom. The lowest BCUT2D eigenvalue weighted by molar-refractivity contribution is 0.401. The van der Waals surface area contributed by atoms with Crippen molar-refractivity contribution < 1.29 is 4.74 Å². The normalized spacial score (nSPS) is 10.9. The average molecular weight is 229 g/mol. The lowest BCUT2D eigenvalue weighted by Crippen LogP contribution is -1.97. The molecule has 0 aliphatic rings. The highest BCUT2D eigenvalue weighted by molar-refractivity contribution is 5.63. The highest BCUT2D eigenvalue weighted by atomic mass is 16.5. The van der Waals surface area contributed by atoms with Gasteiger partial charge in [-0.15, -0.1) is 0 Å². The topological polar surface area (TPSA) is 57.2 Å². The molecule has 3 aromatic heterocycles. The van der Waals surface area contributed by atoms with E-state index in [1.54, 1.807) is 28.7 Å². The Labute approximate surface area is 97.5 Å². The largest absolute Gasteiger partial charge is 0.479 e. The zero-order chi connectivity index (χ0) is 11.8. The van der Waals surface area contributed by atoms with E-state index in [1.165, 1.54) is 0 Å². The lowest BCUT2D eigenvalue weighted by Gasteiger charge is -2.04. The first-order chi connectivity index (χ1) is 8.28. The van der Waals surface area contributed by atoms with Crippen LogP contribution in [0.5, 0.6) is 5.88 Å². The molecule has 6 nitrogen and oxygen atoms in total. The minimum absolute atomic E-state index is 0.559. The molecule has 0 saturated carbocycles. The van der Waals surface area contributed by atoms with Crippen molar-refractivity contribution in [1.29, 1.82) is 0 Å². The summed E-state index contributed by atoms with van der Waals surface area (Å²) < 4.78 is 8.73. The van der Waals surface area contributed by atoms with Gasteiger partial charge in [-0.2, -0.15) is 10.2 Å². The molecule has 3 aromatic rings. The number of fused-ring (bicyclic) bond motifs is 1. The first-order valence-corrected chi connectivity index (χ1v) is 5.15. The van der Waals surface area contributed by atoms with Gasteiger partial charge in [0.15, 0.2) is 0 Å². The smallest absolute Gasteiger partial charge is 0.240 e. The minimum Gasteiger partial charge on any atom is -0.479 e. The molecule has 3 heterocycles. The molecular formula is C11H11N5O. The standard InChI is InChI=1S/C11H11N5O/c1-15-6-8(5-13-15)9-7-16-10(3-4-12-16)11(14-9)17-2/h3-7H,1-2H3. The van der Waals surface area contributed by atoms with Crippen LogP contribution >= 0.6 is 0 Å². The second kappa shape index (κ2) is 3.58. The van der Waals surface area contributed by atoms with Crippen LogP contribution in [0.4, 0.5) is 0 Å². The zero-order valence-corrected chi connectivity index (χ0v) is 9.53. The van der Waals surface area contributed by atoms with Gasteiger partial charge in [0, 0.05) is 18.8 Å². The average Bonchev–Trinajstić information content (AvgIpc) is 2.95. The highest BCUT2D eigenvalue weighted by Crippen LogP contribution is 2.22. The fraction of sp³-hybridized carbons (Fsp3) is 0.182. The van der Waals surface area contributed by atoms with Crippen LogP contribution in [0.3, 0.4) is 0 Å². The highest BCUT2D eigenvalue weighted by Gasteiger charge is 2.09. The third-order valence-electron chi connectivity index (χ3n) is 2.55. The Hall–Kier alpha value is -2.37. The van der Waals surface area contributed by atoms with Gasteiger partial charge >= 0.3 is 0 Å². The number of nitrogens with zero attached hydrogens (tertiary/aromatic N) is 5. The molecule has 0 saturated heterocycles.